The third-order valence-electron chi connectivity index (χ3n) is 9.99. The fraction of sp³-hybridized carbons (Fsp3) is 0.0930. The van der Waals surface area contributed by atoms with Gasteiger partial charge in [-0.1, -0.05) is 48.5 Å². The maximum atomic E-state index is 14.9. The van der Waals surface area contributed by atoms with Crippen molar-refractivity contribution in [2.24, 2.45) is 7.05 Å². The lowest BCUT2D eigenvalue weighted by Crippen LogP contribution is -2.29. The summed E-state index contributed by atoms with van der Waals surface area (Å²) in [4.78, 5) is 83.0. The van der Waals surface area contributed by atoms with Gasteiger partial charge in [-0.2, -0.15) is 31.4 Å². The van der Waals surface area contributed by atoms with Crippen LogP contribution >= 0.6 is 36.1 Å². The van der Waals surface area contributed by atoms with Crippen LogP contribution in [0, 0.1) is 0 Å². The summed E-state index contributed by atoms with van der Waals surface area (Å²) in [5.74, 6) is -2.75. The van der Waals surface area contributed by atoms with E-state index in [0.717, 1.165) is 12.0 Å². The van der Waals surface area contributed by atoms with Crippen molar-refractivity contribution in [3.63, 3.8) is 0 Å². The Morgan fingerprint density at radius 3 is 1.89 bits per heavy atom. The number of rotatable bonds is 24. The zero-order valence-electron chi connectivity index (χ0n) is 37.0. The first-order valence-electron chi connectivity index (χ1n) is 20.3. The summed E-state index contributed by atoms with van der Waals surface area (Å²) in [5, 5.41) is 43.8. The Hall–Kier alpha value is -7.10. The molecule has 25 nitrogen and oxygen atoms in total. The van der Waals surface area contributed by atoms with Gasteiger partial charge in [0, 0.05) is 55.2 Å². The average Bonchev–Trinajstić information content (AvgIpc) is 3.36. The highest BCUT2D eigenvalue weighted by Gasteiger charge is 2.34. The van der Waals surface area contributed by atoms with Crippen LogP contribution in [0.25, 0.3) is 22.0 Å². The highest BCUT2D eigenvalue weighted by atomic mass is 32.2. The van der Waals surface area contributed by atoms with Crippen LogP contribution in [-0.2, 0) is 50.1 Å². The van der Waals surface area contributed by atoms with Crippen LogP contribution in [0.1, 0.15) is 42.2 Å². The van der Waals surface area contributed by atoms with E-state index in [1.807, 2.05) is 0 Å². The number of para-hydroxylation sites is 1. The third-order valence-corrected chi connectivity index (χ3v) is 11.8. The van der Waals surface area contributed by atoms with Crippen LogP contribution in [0.4, 0.5) is 34.6 Å². The largest absolute Gasteiger partial charge is 0.479 e. The first-order valence-corrected chi connectivity index (χ1v) is 22.5. The molecule has 0 atom stereocenters. The number of aromatic nitrogens is 4. The van der Waals surface area contributed by atoms with Crippen LogP contribution in [0.3, 0.4) is 0 Å². The van der Waals surface area contributed by atoms with E-state index >= 15 is 0 Å². The number of carbonyl (C=O) groups excluding carboxylic acids is 2. The number of anilines is 6. The van der Waals surface area contributed by atoms with Gasteiger partial charge in [0.25, 0.3) is 5.56 Å². The summed E-state index contributed by atoms with van der Waals surface area (Å²) in [6, 6.07) is 24.5. The monoisotopic (exact) mass is 1030 g/mol. The van der Waals surface area contributed by atoms with Crippen molar-refractivity contribution >= 4 is 99.2 Å². The van der Waals surface area contributed by atoms with Gasteiger partial charge >= 0.3 is 12.0 Å². The van der Waals surface area contributed by atoms with Crippen LogP contribution in [0.5, 0.6) is 6.01 Å². The molecular weight excluding hydrogens is 993 g/mol. The zero-order chi connectivity index (χ0) is 50.0. The molecule has 0 saturated heterocycles. The van der Waals surface area contributed by atoms with Gasteiger partial charge in [-0.3, -0.25) is 14.4 Å². The van der Waals surface area contributed by atoms with Crippen molar-refractivity contribution < 1.29 is 67.7 Å². The second-order valence-corrected chi connectivity index (χ2v) is 16.4. The molecule has 8 N–H and O–H groups in total. The zero-order valence-corrected chi connectivity index (χ0v) is 39.4. The van der Waals surface area contributed by atoms with Gasteiger partial charge in [0.05, 0.1) is 90.9 Å². The molecule has 0 radical (unpaired) electrons. The van der Waals surface area contributed by atoms with Crippen LogP contribution in [0.2, 0.25) is 0 Å². The molecule has 2 aromatic heterocycles. The van der Waals surface area contributed by atoms with E-state index in [0.29, 0.717) is 45.4 Å². The quantitative estimate of drug-likeness (QED) is 0.0101. The molecule has 1 aliphatic carbocycles. The van der Waals surface area contributed by atoms with E-state index in [4.69, 9.17) is 23.1 Å². The lowest BCUT2D eigenvalue weighted by molar-refractivity contribution is -0.484. The Kier molecular flexibility index (Phi) is 16.4. The molecule has 0 bridgehead atoms. The normalized spacial score (nSPS) is 11.7. The first kappa shape index (κ1) is 50.3. The number of hydrogen-bond acceptors (Lipinski definition) is 26. The molecule has 8 rings (SSSR count). The summed E-state index contributed by atoms with van der Waals surface area (Å²) < 4.78 is 16.7. The number of aromatic carboxylic acids is 1. The van der Waals surface area contributed by atoms with Crippen molar-refractivity contribution in [3.8, 4) is 17.1 Å². The van der Waals surface area contributed by atoms with Crippen molar-refractivity contribution in [1.82, 2.24) is 36.0 Å². The molecule has 0 amide bonds. The minimum absolute atomic E-state index is 0.0954. The predicted octanol–water partition coefficient (Wildman–Crippen LogP) is 6.86. The number of aromatic hydroxyl groups is 1. The molecule has 71 heavy (non-hydrogen) atoms. The minimum Gasteiger partial charge on any atom is -0.479 e. The van der Waals surface area contributed by atoms with Crippen molar-refractivity contribution in [2.45, 2.75) is 14.7 Å². The number of benzene rings is 5. The van der Waals surface area contributed by atoms with E-state index < -0.39 is 29.1 Å². The molecule has 0 aliphatic heterocycles. The van der Waals surface area contributed by atoms with Crippen LogP contribution in [-0.4, -0.2) is 68.4 Å². The van der Waals surface area contributed by atoms with Crippen molar-refractivity contribution in [1.29, 1.82) is 0 Å². The van der Waals surface area contributed by atoms with Gasteiger partial charge in [-0.25, -0.2) is 4.79 Å². The first-order chi connectivity index (χ1) is 34.5. The van der Waals surface area contributed by atoms with Crippen molar-refractivity contribution in [3.05, 3.63) is 135 Å². The van der Waals surface area contributed by atoms with Crippen LogP contribution in [0.15, 0.2) is 117 Å². The van der Waals surface area contributed by atoms with Gasteiger partial charge in [-0.15, -0.1) is 28.0 Å². The van der Waals surface area contributed by atoms with Crippen molar-refractivity contribution in [2.75, 3.05) is 37.1 Å². The summed E-state index contributed by atoms with van der Waals surface area (Å²) in [6.07, 6.45) is 0. The molecule has 5 aromatic carbocycles. The Morgan fingerprint density at radius 2 is 1.23 bits per heavy atom. The number of carbonyl (C=O) groups is 3. The summed E-state index contributed by atoms with van der Waals surface area (Å²) in [5.41, 5.74) is 8.13. The predicted molar refractivity (Wildman–Crippen MR) is 254 cm³/mol. The van der Waals surface area contributed by atoms with Crippen LogP contribution < -0.4 is 37.9 Å². The molecule has 0 unspecified atom stereocenters. The van der Waals surface area contributed by atoms with Gasteiger partial charge in [-0.05, 0) is 69.2 Å². The second kappa shape index (κ2) is 23.2. The number of nitrogens with one attached hydrogen (secondary N) is 6. The Morgan fingerprint density at radius 1 is 0.620 bits per heavy atom. The molecule has 0 fully saturated rings. The smallest absolute Gasteiger partial charge is 0.337 e. The van der Waals surface area contributed by atoms with E-state index in [-0.39, 0.29) is 77.8 Å². The number of nitrogens with zero attached hydrogens (tertiary/aromatic N) is 4. The van der Waals surface area contributed by atoms with Gasteiger partial charge < -0.3 is 30.7 Å². The third kappa shape index (κ3) is 11.3. The molecule has 2 heterocycles. The highest BCUT2D eigenvalue weighted by Crippen LogP contribution is 2.46. The number of carboxylic acid groups (broad SMARTS) is 1. The lowest BCUT2D eigenvalue weighted by Gasteiger charge is -2.26. The number of fused-ring (bicyclic) bond motifs is 2. The van der Waals surface area contributed by atoms with E-state index in [1.165, 1.54) is 69.2 Å². The van der Waals surface area contributed by atoms with Gasteiger partial charge in [0.15, 0.2) is 11.6 Å². The highest BCUT2D eigenvalue weighted by molar-refractivity contribution is 7.95. The second-order valence-electron chi connectivity index (χ2n) is 14.1. The number of hydroxylamine groups is 3. The fourth-order valence-corrected chi connectivity index (χ4v) is 8.66. The molecular formula is C43H36N10O15S3. The SMILES string of the molecule is CNOOOSc1cccc(C(=O)c2c3c4c(c(Nc5cc(Nc6nc(O)nc(Nc7ccccc7C(=O)O)n6)c(SOOONC)cc5SOOONC)ccc4n(C)c2=O)C(=O)c2ccccc2-3)c1. The molecule has 0 spiro atoms. The topological polar surface area (TPSA) is 308 Å². The fourth-order valence-electron chi connectivity index (χ4n) is 7.15. The number of ketones is 2. The molecule has 28 heteroatoms. The molecule has 366 valence electrons. The Labute approximate surface area is 412 Å². The standard InChI is InChI=1S/C43H36N10O15S3/c1-44-60-63-66-69-22-11-9-10-21(18-22)37(54)36-33-23-12-5-6-13-24(23)38(55)34-27(16-17-30(35(33)34)53(4)39(36)56)47-28-19-29(32(71-68-65-62-46-3)20-31(28)70-67-64-61-45-2)49-42-50-41(51-43(59)52-42)48-26-15-8-7-14-25(26)40(57)58/h5-20,44-47H,1-4H3,(H,57,58)(H3,48,49,50,51,52,59). The summed E-state index contributed by atoms with van der Waals surface area (Å²) in [7, 11) is 5.82. The number of aryl methyl sites for hydroxylation is 1. The minimum atomic E-state index is -1.23. The van der Waals surface area contributed by atoms with Gasteiger partial charge in [0.2, 0.25) is 11.9 Å². The Balaban J connectivity index is 1.26. The number of carboxylic acids is 1. The van der Waals surface area contributed by atoms with E-state index in [1.54, 1.807) is 60.7 Å². The van der Waals surface area contributed by atoms with E-state index in [9.17, 15) is 29.4 Å². The molecule has 0 saturated carbocycles. The number of pyridine rings is 1. The molecule has 7 aromatic rings. The summed E-state index contributed by atoms with van der Waals surface area (Å²) in [6.45, 7) is 0. The molecule has 1 aliphatic rings. The Bertz CT molecular complexity index is 3220. The maximum Gasteiger partial charge on any atom is 0.337 e. The van der Waals surface area contributed by atoms with E-state index in [2.05, 4.69) is 67.3 Å². The maximum absolute atomic E-state index is 14.9. The summed E-state index contributed by atoms with van der Waals surface area (Å²) >= 11 is 2.05. The van der Waals surface area contributed by atoms with Gasteiger partial charge in [0.1, 0.15) is 0 Å². The lowest BCUT2D eigenvalue weighted by atomic mass is 9.80. The number of hydrogen-bond donors (Lipinski definition) is 8. The average molecular weight is 1030 g/mol.